The first-order valence-electron chi connectivity index (χ1n) is 6.55. The van der Waals surface area contributed by atoms with Crippen LogP contribution in [0.2, 0.25) is 0 Å². The molecular formula is C15H22O3. The molecule has 3 nitrogen and oxygen atoms in total. The fourth-order valence-corrected chi connectivity index (χ4v) is 2.63. The summed E-state index contributed by atoms with van der Waals surface area (Å²) in [6.45, 7) is 7.21. The van der Waals surface area contributed by atoms with Crippen LogP contribution in [0.4, 0.5) is 0 Å². The summed E-state index contributed by atoms with van der Waals surface area (Å²) in [7, 11) is 0. The zero-order chi connectivity index (χ0) is 13.2. The summed E-state index contributed by atoms with van der Waals surface area (Å²) in [5.74, 6) is 0.813. The highest BCUT2D eigenvalue weighted by Gasteiger charge is 2.40. The van der Waals surface area contributed by atoms with Gasteiger partial charge in [-0.05, 0) is 38.5 Å². The highest BCUT2D eigenvalue weighted by molar-refractivity contribution is 5.33. The Kier molecular flexibility index (Phi) is 3.64. The summed E-state index contributed by atoms with van der Waals surface area (Å²) in [5.41, 5.74) is -0.173. The molecule has 100 valence electrons. The Morgan fingerprint density at radius 1 is 1.39 bits per heavy atom. The largest absolute Gasteiger partial charge is 0.494 e. The van der Waals surface area contributed by atoms with Gasteiger partial charge in [-0.2, -0.15) is 0 Å². The summed E-state index contributed by atoms with van der Waals surface area (Å²) in [4.78, 5) is 0. The van der Waals surface area contributed by atoms with E-state index in [4.69, 9.17) is 9.47 Å². The van der Waals surface area contributed by atoms with Crippen LogP contribution in [0.15, 0.2) is 24.3 Å². The fraction of sp³-hybridized carbons (Fsp3) is 0.600. The average molecular weight is 250 g/mol. The molecule has 3 heteroatoms. The molecule has 1 aliphatic heterocycles. The number of hydrogen-bond donors (Lipinski definition) is 1. The molecule has 0 radical (unpaired) electrons. The van der Waals surface area contributed by atoms with Gasteiger partial charge in [-0.3, -0.25) is 0 Å². The Hall–Kier alpha value is -1.06. The maximum atomic E-state index is 10.8. The van der Waals surface area contributed by atoms with Crippen molar-refractivity contribution in [3.05, 3.63) is 29.8 Å². The quantitative estimate of drug-likeness (QED) is 0.896. The van der Waals surface area contributed by atoms with Crippen LogP contribution in [0.25, 0.3) is 0 Å². The third kappa shape index (κ3) is 2.85. The van der Waals surface area contributed by atoms with E-state index < -0.39 is 5.60 Å². The zero-order valence-corrected chi connectivity index (χ0v) is 11.4. The lowest BCUT2D eigenvalue weighted by Crippen LogP contribution is -2.43. The Morgan fingerprint density at radius 2 is 2.17 bits per heavy atom. The van der Waals surface area contributed by atoms with Crippen LogP contribution >= 0.6 is 0 Å². The van der Waals surface area contributed by atoms with Crippen molar-refractivity contribution in [2.75, 3.05) is 13.2 Å². The first-order valence-corrected chi connectivity index (χ1v) is 6.55. The molecular weight excluding hydrogens is 228 g/mol. The zero-order valence-electron chi connectivity index (χ0n) is 11.4. The topological polar surface area (TPSA) is 38.7 Å². The molecule has 0 aliphatic carbocycles. The van der Waals surface area contributed by atoms with Gasteiger partial charge in [-0.15, -0.1) is 0 Å². The SMILES string of the molecule is CCOc1cccc(C2(O)CCOC(C)(C)C2)c1. The van der Waals surface area contributed by atoms with Gasteiger partial charge in [0, 0.05) is 12.8 Å². The minimum atomic E-state index is -0.811. The maximum absolute atomic E-state index is 10.8. The van der Waals surface area contributed by atoms with E-state index >= 15 is 0 Å². The molecule has 18 heavy (non-hydrogen) atoms. The number of benzene rings is 1. The van der Waals surface area contributed by atoms with E-state index in [1.54, 1.807) is 0 Å². The van der Waals surface area contributed by atoms with Gasteiger partial charge < -0.3 is 14.6 Å². The van der Waals surface area contributed by atoms with Gasteiger partial charge in [0.2, 0.25) is 0 Å². The molecule has 1 aliphatic rings. The van der Waals surface area contributed by atoms with E-state index in [2.05, 4.69) is 0 Å². The average Bonchev–Trinajstić information content (AvgIpc) is 2.28. The monoisotopic (exact) mass is 250 g/mol. The van der Waals surface area contributed by atoms with Gasteiger partial charge in [0.1, 0.15) is 5.75 Å². The number of aliphatic hydroxyl groups is 1. The van der Waals surface area contributed by atoms with Crippen molar-refractivity contribution in [2.45, 2.75) is 44.8 Å². The van der Waals surface area contributed by atoms with Crippen LogP contribution < -0.4 is 4.74 Å². The Labute approximate surface area is 109 Å². The summed E-state index contributed by atoms with van der Waals surface area (Å²) in [6.07, 6.45) is 1.24. The van der Waals surface area contributed by atoms with Crippen molar-refractivity contribution in [1.82, 2.24) is 0 Å². The van der Waals surface area contributed by atoms with Gasteiger partial charge in [-0.25, -0.2) is 0 Å². The molecule has 1 atom stereocenters. The van der Waals surface area contributed by atoms with Crippen molar-refractivity contribution in [3.8, 4) is 5.75 Å². The van der Waals surface area contributed by atoms with E-state index in [-0.39, 0.29) is 5.60 Å². The first kappa shape index (κ1) is 13.4. The second kappa shape index (κ2) is 4.90. The maximum Gasteiger partial charge on any atom is 0.119 e. The summed E-state index contributed by atoms with van der Waals surface area (Å²) in [6, 6.07) is 7.75. The highest BCUT2D eigenvalue weighted by atomic mass is 16.5. The molecule has 1 heterocycles. The molecule has 1 saturated heterocycles. The molecule has 1 N–H and O–H groups in total. The second-order valence-corrected chi connectivity index (χ2v) is 5.53. The minimum absolute atomic E-state index is 0.283. The van der Waals surface area contributed by atoms with Gasteiger partial charge in [-0.1, -0.05) is 12.1 Å². The lowest BCUT2D eigenvalue weighted by Gasteiger charge is -2.41. The minimum Gasteiger partial charge on any atom is -0.494 e. The van der Waals surface area contributed by atoms with Crippen LogP contribution in [0.3, 0.4) is 0 Å². The molecule has 0 aromatic heterocycles. The molecule has 1 aromatic carbocycles. The van der Waals surface area contributed by atoms with E-state index in [9.17, 15) is 5.11 Å². The third-order valence-electron chi connectivity index (χ3n) is 3.41. The molecule has 2 rings (SSSR count). The van der Waals surface area contributed by atoms with E-state index in [1.165, 1.54) is 0 Å². The van der Waals surface area contributed by atoms with Gasteiger partial charge in [0.25, 0.3) is 0 Å². The lowest BCUT2D eigenvalue weighted by molar-refractivity contribution is -0.148. The van der Waals surface area contributed by atoms with Crippen LogP contribution in [0.5, 0.6) is 5.75 Å². The first-order chi connectivity index (χ1) is 8.45. The van der Waals surface area contributed by atoms with Crippen molar-refractivity contribution < 1.29 is 14.6 Å². The van der Waals surface area contributed by atoms with Crippen LogP contribution in [-0.4, -0.2) is 23.9 Å². The van der Waals surface area contributed by atoms with Crippen molar-refractivity contribution >= 4 is 0 Å². The summed E-state index contributed by atoms with van der Waals surface area (Å²) >= 11 is 0. The van der Waals surface area contributed by atoms with Crippen LogP contribution in [0, 0.1) is 0 Å². The van der Waals surface area contributed by atoms with E-state index in [1.807, 2.05) is 45.0 Å². The molecule has 0 spiro atoms. The van der Waals surface area contributed by atoms with Crippen molar-refractivity contribution in [1.29, 1.82) is 0 Å². The highest BCUT2D eigenvalue weighted by Crippen LogP contribution is 2.40. The smallest absolute Gasteiger partial charge is 0.119 e. The normalized spacial score (nSPS) is 26.9. The predicted molar refractivity (Wildman–Crippen MR) is 70.8 cm³/mol. The van der Waals surface area contributed by atoms with Gasteiger partial charge in [0.15, 0.2) is 0 Å². The Balaban J connectivity index is 2.26. The van der Waals surface area contributed by atoms with Crippen LogP contribution in [-0.2, 0) is 10.3 Å². The number of ether oxygens (including phenoxy) is 2. The third-order valence-corrected chi connectivity index (χ3v) is 3.41. The fourth-order valence-electron chi connectivity index (χ4n) is 2.63. The number of hydrogen-bond acceptors (Lipinski definition) is 3. The molecule has 0 saturated carbocycles. The molecule has 1 aromatic rings. The standard InChI is InChI=1S/C15H22O3/c1-4-17-13-7-5-6-12(10-13)15(16)8-9-18-14(2,3)11-15/h5-7,10,16H,4,8-9,11H2,1-3H3. The molecule has 0 amide bonds. The van der Waals surface area contributed by atoms with Gasteiger partial charge in [0.05, 0.1) is 24.4 Å². The predicted octanol–water partition coefficient (Wildman–Crippen LogP) is 2.86. The molecule has 1 fully saturated rings. The van der Waals surface area contributed by atoms with Crippen molar-refractivity contribution in [2.24, 2.45) is 0 Å². The second-order valence-electron chi connectivity index (χ2n) is 5.53. The van der Waals surface area contributed by atoms with Crippen LogP contribution in [0.1, 0.15) is 39.2 Å². The van der Waals surface area contributed by atoms with E-state index in [0.717, 1.165) is 11.3 Å². The Bertz CT molecular complexity index is 414. The van der Waals surface area contributed by atoms with Gasteiger partial charge >= 0.3 is 0 Å². The van der Waals surface area contributed by atoms with Crippen molar-refractivity contribution in [3.63, 3.8) is 0 Å². The molecule has 0 bridgehead atoms. The Morgan fingerprint density at radius 3 is 2.83 bits per heavy atom. The summed E-state index contributed by atoms with van der Waals surface area (Å²) in [5, 5.41) is 10.8. The summed E-state index contributed by atoms with van der Waals surface area (Å²) < 4.78 is 11.2. The molecule has 1 unspecified atom stereocenters. The van der Waals surface area contributed by atoms with E-state index in [0.29, 0.717) is 26.1 Å². The lowest BCUT2D eigenvalue weighted by atomic mass is 9.79. The number of rotatable bonds is 3.